The van der Waals surface area contributed by atoms with Crippen LogP contribution in [0.4, 0.5) is 0 Å². The highest BCUT2D eigenvalue weighted by Crippen LogP contribution is 2.49. The molecule has 21 heavy (non-hydrogen) atoms. The number of hydrogen-bond donors (Lipinski definition) is 2. The minimum atomic E-state index is 0. The van der Waals surface area contributed by atoms with E-state index in [0.29, 0.717) is 28.9 Å². The lowest BCUT2D eigenvalue weighted by Gasteiger charge is -2.11. The van der Waals surface area contributed by atoms with E-state index in [2.05, 4.69) is 24.2 Å². The lowest BCUT2D eigenvalue weighted by Crippen LogP contribution is -2.38. The summed E-state index contributed by atoms with van der Waals surface area (Å²) in [5.41, 5.74) is 7.03. The molecule has 0 bridgehead atoms. The van der Waals surface area contributed by atoms with E-state index < -0.39 is 0 Å². The number of nitrogens with one attached hydrogen (secondary N) is 1. The number of aliphatic imine (C=N–C) groups is 1. The monoisotopic (exact) mass is 441 g/mol. The molecule has 6 heteroatoms. The third-order valence-corrected chi connectivity index (χ3v) is 4.35. The largest absolute Gasteiger partial charge is 0.370 e. The first kappa shape index (κ1) is 18.8. The number of nitrogens with zero attached hydrogens (tertiary/aromatic N) is 1. The van der Waals surface area contributed by atoms with Gasteiger partial charge in [-0.05, 0) is 49.3 Å². The summed E-state index contributed by atoms with van der Waals surface area (Å²) in [5, 5.41) is 4.60. The molecule has 0 radical (unpaired) electrons. The van der Waals surface area contributed by atoms with Gasteiger partial charge in [-0.1, -0.05) is 36.2 Å². The van der Waals surface area contributed by atoms with Crippen LogP contribution >= 0.6 is 47.2 Å². The maximum Gasteiger partial charge on any atom is 0.188 e. The van der Waals surface area contributed by atoms with Crippen LogP contribution in [-0.2, 0) is 0 Å². The van der Waals surface area contributed by atoms with E-state index in [4.69, 9.17) is 28.9 Å². The molecule has 0 amide bonds. The Balaban J connectivity index is 0.00000220. The first-order valence-corrected chi connectivity index (χ1v) is 7.78. The molecule has 0 heterocycles. The molecular formula is C15H22Cl2IN3. The normalized spacial score (nSPS) is 22.4. The van der Waals surface area contributed by atoms with Gasteiger partial charge in [0.15, 0.2) is 5.96 Å². The van der Waals surface area contributed by atoms with Crippen molar-refractivity contribution in [2.75, 3.05) is 6.54 Å². The second-order valence-corrected chi connectivity index (χ2v) is 6.29. The highest BCUT2D eigenvalue weighted by Gasteiger charge is 2.39. The average Bonchev–Trinajstić information content (AvgIpc) is 3.15. The van der Waals surface area contributed by atoms with Gasteiger partial charge in [0.2, 0.25) is 0 Å². The van der Waals surface area contributed by atoms with Gasteiger partial charge in [-0.25, -0.2) is 0 Å². The fourth-order valence-corrected chi connectivity index (χ4v) is 2.80. The number of nitrogens with two attached hydrogens (primary N) is 1. The molecule has 3 nitrogen and oxygen atoms in total. The molecule has 1 aliphatic carbocycles. The second-order valence-electron chi connectivity index (χ2n) is 5.45. The minimum Gasteiger partial charge on any atom is -0.370 e. The summed E-state index contributed by atoms with van der Waals surface area (Å²) in [6.45, 7) is 4.96. The molecule has 1 aromatic rings. The van der Waals surface area contributed by atoms with Gasteiger partial charge in [0.25, 0.3) is 0 Å². The summed E-state index contributed by atoms with van der Waals surface area (Å²) < 4.78 is 0. The molecule has 0 aromatic heterocycles. The van der Waals surface area contributed by atoms with Gasteiger partial charge in [0.1, 0.15) is 0 Å². The molecule has 0 spiro atoms. The summed E-state index contributed by atoms with van der Waals surface area (Å²) in [5.74, 6) is 1.55. The number of rotatable bonds is 5. The maximum atomic E-state index is 6.22. The molecule has 3 unspecified atom stereocenters. The third kappa shape index (κ3) is 5.49. The number of guanidine groups is 1. The average molecular weight is 442 g/mol. The van der Waals surface area contributed by atoms with Gasteiger partial charge in [-0.3, -0.25) is 4.99 Å². The second kappa shape index (κ2) is 8.44. The minimum absolute atomic E-state index is 0. The zero-order valence-corrected chi connectivity index (χ0v) is 16.1. The van der Waals surface area contributed by atoms with E-state index in [1.54, 1.807) is 6.07 Å². The van der Waals surface area contributed by atoms with Crippen molar-refractivity contribution in [2.45, 2.75) is 38.6 Å². The van der Waals surface area contributed by atoms with Gasteiger partial charge >= 0.3 is 0 Å². The number of hydrogen-bond acceptors (Lipinski definition) is 1. The molecule has 1 saturated carbocycles. The van der Waals surface area contributed by atoms with Crippen LogP contribution in [0.15, 0.2) is 23.2 Å². The molecule has 3 N–H and O–H groups in total. The van der Waals surface area contributed by atoms with Crippen LogP contribution in [0.5, 0.6) is 0 Å². The highest BCUT2D eigenvalue weighted by atomic mass is 127. The molecule has 0 saturated heterocycles. The molecule has 3 atom stereocenters. The van der Waals surface area contributed by atoms with Gasteiger partial charge in [-0.2, -0.15) is 0 Å². The fourth-order valence-electron chi connectivity index (χ4n) is 2.25. The molecule has 118 valence electrons. The summed E-state index contributed by atoms with van der Waals surface area (Å²) in [4.78, 5) is 4.41. The van der Waals surface area contributed by atoms with E-state index in [0.717, 1.165) is 24.4 Å². The molecule has 1 fully saturated rings. The van der Waals surface area contributed by atoms with Crippen molar-refractivity contribution < 1.29 is 0 Å². The third-order valence-electron chi connectivity index (χ3n) is 3.79. The Morgan fingerprint density at radius 1 is 1.48 bits per heavy atom. The topological polar surface area (TPSA) is 50.4 Å². The molecule has 1 aromatic carbocycles. The Labute approximate surface area is 153 Å². The molecule has 0 aliphatic heterocycles. The lowest BCUT2D eigenvalue weighted by atomic mass is 10.1. The van der Waals surface area contributed by atoms with Gasteiger partial charge < -0.3 is 11.1 Å². The Morgan fingerprint density at radius 2 is 2.19 bits per heavy atom. The Hall–Kier alpha value is -0.200. The lowest BCUT2D eigenvalue weighted by molar-refractivity contribution is 0.635. The van der Waals surface area contributed by atoms with Gasteiger partial charge in [-0.15, -0.1) is 24.0 Å². The van der Waals surface area contributed by atoms with Crippen LogP contribution in [-0.4, -0.2) is 18.5 Å². The number of benzene rings is 1. The summed E-state index contributed by atoms with van der Waals surface area (Å²) in [7, 11) is 0. The SMILES string of the molecule is CCC(C)NC(N)=NCC1CC1c1ccc(Cl)cc1Cl.I. The van der Waals surface area contributed by atoms with Crippen molar-refractivity contribution in [3.63, 3.8) is 0 Å². The van der Waals surface area contributed by atoms with Crippen LogP contribution in [0.3, 0.4) is 0 Å². The van der Waals surface area contributed by atoms with Crippen molar-refractivity contribution in [1.29, 1.82) is 0 Å². The first-order valence-electron chi connectivity index (χ1n) is 7.02. The van der Waals surface area contributed by atoms with E-state index in [1.807, 2.05) is 12.1 Å². The Bertz CT molecular complexity index is 508. The van der Waals surface area contributed by atoms with Crippen molar-refractivity contribution in [1.82, 2.24) is 5.32 Å². The van der Waals surface area contributed by atoms with Crippen LogP contribution in [0.2, 0.25) is 10.0 Å². The molecule has 2 rings (SSSR count). The standard InChI is InChI=1S/C15H21Cl2N3.HI/c1-3-9(2)20-15(18)19-8-10-6-13(10)12-5-4-11(16)7-14(12)17;/h4-5,7,9-10,13H,3,6,8H2,1-2H3,(H3,18,19,20);1H. The quantitative estimate of drug-likeness (QED) is 0.403. The van der Waals surface area contributed by atoms with Crippen molar-refractivity contribution >= 4 is 53.1 Å². The van der Waals surface area contributed by atoms with Gasteiger partial charge in [0.05, 0.1) is 0 Å². The Kier molecular flexibility index (Phi) is 7.57. The molecular weight excluding hydrogens is 420 g/mol. The summed E-state index contributed by atoms with van der Waals surface area (Å²) in [6.07, 6.45) is 2.14. The first-order chi connectivity index (χ1) is 9.51. The van der Waals surface area contributed by atoms with Crippen molar-refractivity contribution in [3.8, 4) is 0 Å². The maximum absolute atomic E-state index is 6.22. The van der Waals surface area contributed by atoms with E-state index in [1.165, 1.54) is 5.56 Å². The van der Waals surface area contributed by atoms with E-state index >= 15 is 0 Å². The summed E-state index contributed by atoms with van der Waals surface area (Å²) in [6, 6.07) is 6.06. The van der Waals surface area contributed by atoms with Crippen LogP contribution in [0.25, 0.3) is 0 Å². The highest BCUT2D eigenvalue weighted by molar-refractivity contribution is 14.0. The summed E-state index contributed by atoms with van der Waals surface area (Å²) >= 11 is 12.1. The zero-order valence-electron chi connectivity index (χ0n) is 12.3. The smallest absolute Gasteiger partial charge is 0.188 e. The Morgan fingerprint density at radius 3 is 2.81 bits per heavy atom. The van der Waals surface area contributed by atoms with Crippen LogP contribution in [0.1, 0.15) is 38.2 Å². The van der Waals surface area contributed by atoms with Crippen molar-refractivity contribution in [3.05, 3.63) is 33.8 Å². The van der Waals surface area contributed by atoms with Crippen LogP contribution < -0.4 is 11.1 Å². The van der Waals surface area contributed by atoms with E-state index in [-0.39, 0.29) is 24.0 Å². The number of halogens is 3. The fraction of sp³-hybridized carbons (Fsp3) is 0.533. The van der Waals surface area contributed by atoms with E-state index in [9.17, 15) is 0 Å². The van der Waals surface area contributed by atoms with Crippen LogP contribution in [0, 0.1) is 5.92 Å². The predicted molar refractivity (Wildman–Crippen MR) is 102 cm³/mol. The predicted octanol–water partition coefficient (Wildman–Crippen LogP) is 4.42. The molecule has 1 aliphatic rings. The zero-order chi connectivity index (χ0) is 14.7. The van der Waals surface area contributed by atoms with Crippen molar-refractivity contribution in [2.24, 2.45) is 16.6 Å². The van der Waals surface area contributed by atoms with Gasteiger partial charge in [0, 0.05) is 22.6 Å².